The van der Waals surface area contributed by atoms with Gasteiger partial charge in [0.25, 0.3) is 0 Å². The van der Waals surface area contributed by atoms with E-state index in [4.69, 9.17) is 10.5 Å². The molecule has 0 aliphatic rings. The molecular weight excluding hydrogens is 297 g/mol. The molecular formula is C14H13BrFNO. The molecule has 0 spiro atoms. The lowest BCUT2D eigenvalue weighted by atomic mass is 10.1. The van der Waals surface area contributed by atoms with Crippen molar-refractivity contribution < 1.29 is 9.13 Å². The zero-order valence-corrected chi connectivity index (χ0v) is 11.4. The van der Waals surface area contributed by atoms with Crippen LogP contribution in [0.3, 0.4) is 0 Å². The fourth-order valence-corrected chi connectivity index (χ4v) is 1.95. The molecule has 0 radical (unpaired) electrons. The Balaban J connectivity index is 2.13. The summed E-state index contributed by atoms with van der Waals surface area (Å²) in [5.41, 5.74) is 7.36. The Morgan fingerprint density at radius 3 is 2.44 bits per heavy atom. The fraction of sp³-hybridized carbons (Fsp3) is 0.143. The Morgan fingerprint density at radius 2 is 1.83 bits per heavy atom. The molecule has 2 aromatic rings. The fourth-order valence-electron chi connectivity index (χ4n) is 1.59. The number of hydrogen-bond acceptors (Lipinski definition) is 2. The topological polar surface area (TPSA) is 35.2 Å². The molecule has 1 unspecified atom stereocenters. The molecule has 18 heavy (non-hydrogen) atoms. The molecule has 0 bridgehead atoms. The first-order chi connectivity index (χ1) is 8.56. The molecule has 0 aromatic heterocycles. The monoisotopic (exact) mass is 309 g/mol. The standard InChI is InChI=1S/C14H13BrFNO/c1-9(10-2-4-11(17)5-3-10)18-12-6-7-14(16)13(15)8-12/h2-9H,17H2,1H3. The molecule has 2 rings (SSSR count). The number of rotatable bonds is 3. The molecule has 1 atom stereocenters. The molecule has 2 N–H and O–H groups in total. The van der Waals surface area contributed by atoms with E-state index in [1.807, 2.05) is 31.2 Å². The van der Waals surface area contributed by atoms with Gasteiger partial charge in [-0.05, 0) is 58.7 Å². The Morgan fingerprint density at radius 1 is 1.17 bits per heavy atom. The summed E-state index contributed by atoms with van der Waals surface area (Å²) >= 11 is 3.13. The van der Waals surface area contributed by atoms with Gasteiger partial charge in [0.15, 0.2) is 0 Å². The largest absolute Gasteiger partial charge is 0.486 e. The van der Waals surface area contributed by atoms with Gasteiger partial charge in [0.05, 0.1) is 4.47 Å². The Bertz CT molecular complexity index is 542. The summed E-state index contributed by atoms with van der Waals surface area (Å²) in [5.74, 6) is 0.315. The highest BCUT2D eigenvalue weighted by Crippen LogP contribution is 2.26. The normalized spacial score (nSPS) is 12.2. The maximum absolute atomic E-state index is 13.1. The van der Waals surface area contributed by atoms with Gasteiger partial charge in [-0.1, -0.05) is 12.1 Å². The molecule has 0 amide bonds. The van der Waals surface area contributed by atoms with Crippen molar-refractivity contribution in [1.29, 1.82) is 0 Å². The van der Waals surface area contributed by atoms with Gasteiger partial charge >= 0.3 is 0 Å². The second-order valence-corrected chi connectivity index (χ2v) is 4.86. The zero-order valence-electron chi connectivity index (χ0n) is 9.86. The first-order valence-corrected chi connectivity index (χ1v) is 6.32. The van der Waals surface area contributed by atoms with Crippen LogP contribution in [0.1, 0.15) is 18.6 Å². The van der Waals surface area contributed by atoms with Crippen molar-refractivity contribution in [2.45, 2.75) is 13.0 Å². The van der Waals surface area contributed by atoms with Gasteiger partial charge in [-0.2, -0.15) is 0 Å². The first kappa shape index (κ1) is 12.9. The van der Waals surface area contributed by atoms with E-state index in [0.29, 0.717) is 10.2 Å². The lowest BCUT2D eigenvalue weighted by molar-refractivity contribution is 0.226. The smallest absolute Gasteiger partial charge is 0.137 e. The minimum absolute atomic E-state index is 0.122. The van der Waals surface area contributed by atoms with Gasteiger partial charge in [0.1, 0.15) is 17.7 Å². The van der Waals surface area contributed by atoms with Gasteiger partial charge in [-0.3, -0.25) is 0 Å². The van der Waals surface area contributed by atoms with E-state index in [2.05, 4.69) is 15.9 Å². The van der Waals surface area contributed by atoms with Crippen LogP contribution in [0, 0.1) is 5.82 Å². The summed E-state index contributed by atoms with van der Waals surface area (Å²) in [5, 5.41) is 0. The van der Waals surface area contributed by atoms with Crippen LogP contribution in [0.2, 0.25) is 0 Å². The minimum Gasteiger partial charge on any atom is -0.486 e. The van der Waals surface area contributed by atoms with E-state index in [9.17, 15) is 4.39 Å². The minimum atomic E-state index is -0.303. The molecule has 0 fully saturated rings. The van der Waals surface area contributed by atoms with Crippen LogP contribution in [-0.2, 0) is 0 Å². The van der Waals surface area contributed by atoms with Crippen molar-refractivity contribution in [1.82, 2.24) is 0 Å². The summed E-state index contributed by atoms with van der Waals surface area (Å²) in [7, 11) is 0. The van der Waals surface area contributed by atoms with Crippen LogP contribution in [0.5, 0.6) is 5.75 Å². The van der Waals surface area contributed by atoms with E-state index in [0.717, 1.165) is 11.3 Å². The third-order valence-corrected chi connectivity index (χ3v) is 3.22. The van der Waals surface area contributed by atoms with Crippen molar-refractivity contribution >= 4 is 21.6 Å². The zero-order chi connectivity index (χ0) is 13.1. The lowest BCUT2D eigenvalue weighted by Gasteiger charge is -2.15. The number of nitrogen functional groups attached to an aromatic ring is 1. The van der Waals surface area contributed by atoms with E-state index < -0.39 is 0 Å². The van der Waals surface area contributed by atoms with Crippen LogP contribution < -0.4 is 10.5 Å². The lowest BCUT2D eigenvalue weighted by Crippen LogP contribution is -2.03. The van der Waals surface area contributed by atoms with E-state index in [1.54, 1.807) is 12.1 Å². The van der Waals surface area contributed by atoms with E-state index >= 15 is 0 Å². The maximum atomic E-state index is 13.1. The maximum Gasteiger partial charge on any atom is 0.137 e. The highest BCUT2D eigenvalue weighted by Gasteiger charge is 2.08. The predicted molar refractivity (Wildman–Crippen MR) is 74.0 cm³/mol. The van der Waals surface area contributed by atoms with E-state index in [1.165, 1.54) is 6.07 Å². The predicted octanol–water partition coefficient (Wildman–Crippen LogP) is 4.31. The number of nitrogens with two attached hydrogens (primary N) is 1. The molecule has 0 saturated carbocycles. The second-order valence-electron chi connectivity index (χ2n) is 4.00. The third kappa shape index (κ3) is 3.01. The summed E-state index contributed by atoms with van der Waals surface area (Å²) in [4.78, 5) is 0. The molecule has 2 nitrogen and oxygen atoms in total. The van der Waals surface area contributed by atoms with Crippen molar-refractivity contribution in [3.63, 3.8) is 0 Å². The van der Waals surface area contributed by atoms with Crippen LogP contribution in [-0.4, -0.2) is 0 Å². The molecule has 0 saturated heterocycles. The number of anilines is 1. The molecule has 0 aliphatic heterocycles. The highest BCUT2D eigenvalue weighted by molar-refractivity contribution is 9.10. The Labute approximate surface area is 114 Å². The molecule has 4 heteroatoms. The van der Waals surface area contributed by atoms with Gasteiger partial charge in [0, 0.05) is 5.69 Å². The molecule has 94 valence electrons. The number of ether oxygens (including phenoxy) is 1. The summed E-state index contributed by atoms with van der Waals surface area (Å²) in [6.45, 7) is 1.93. The quantitative estimate of drug-likeness (QED) is 0.857. The number of halogens is 2. The summed E-state index contributed by atoms with van der Waals surface area (Å²) in [6.07, 6.45) is -0.122. The highest BCUT2D eigenvalue weighted by atomic mass is 79.9. The first-order valence-electron chi connectivity index (χ1n) is 5.53. The van der Waals surface area contributed by atoms with Gasteiger partial charge in [0.2, 0.25) is 0 Å². The van der Waals surface area contributed by atoms with Crippen molar-refractivity contribution in [2.24, 2.45) is 0 Å². The second kappa shape index (κ2) is 5.40. The Hall–Kier alpha value is -1.55. The van der Waals surface area contributed by atoms with Gasteiger partial charge in [-0.15, -0.1) is 0 Å². The average molecular weight is 310 g/mol. The molecule has 2 aromatic carbocycles. The molecule has 0 aliphatic carbocycles. The summed E-state index contributed by atoms with van der Waals surface area (Å²) < 4.78 is 19.2. The van der Waals surface area contributed by atoms with Crippen molar-refractivity contribution in [3.05, 3.63) is 58.3 Å². The third-order valence-electron chi connectivity index (χ3n) is 2.61. The van der Waals surface area contributed by atoms with Crippen molar-refractivity contribution in [3.8, 4) is 5.75 Å². The number of benzene rings is 2. The van der Waals surface area contributed by atoms with Gasteiger partial charge in [-0.25, -0.2) is 4.39 Å². The van der Waals surface area contributed by atoms with Crippen LogP contribution in [0.25, 0.3) is 0 Å². The van der Waals surface area contributed by atoms with E-state index in [-0.39, 0.29) is 11.9 Å². The van der Waals surface area contributed by atoms with Gasteiger partial charge < -0.3 is 10.5 Å². The summed E-state index contributed by atoms with van der Waals surface area (Å²) in [6, 6.07) is 12.1. The van der Waals surface area contributed by atoms with Crippen LogP contribution in [0.15, 0.2) is 46.9 Å². The Kier molecular flexibility index (Phi) is 3.87. The van der Waals surface area contributed by atoms with Crippen LogP contribution >= 0.6 is 15.9 Å². The average Bonchev–Trinajstić information content (AvgIpc) is 2.34. The number of hydrogen-bond donors (Lipinski definition) is 1. The van der Waals surface area contributed by atoms with Crippen molar-refractivity contribution in [2.75, 3.05) is 5.73 Å². The SMILES string of the molecule is CC(Oc1ccc(F)c(Br)c1)c1ccc(N)cc1. The molecule has 0 heterocycles. The van der Waals surface area contributed by atoms with Crippen LogP contribution in [0.4, 0.5) is 10.1 Å².